The van der Waals surface area contributed by atoms with Gasteiger partial charge in [0.05, 0.1) is 12.8 Å². The minimum atomic E-state index is -4.80. The van der Waals surface area contributed by atoms with Crippen LogP contribution in [0, 0.1) is 0 Å². The van der Waals surface area contributed by atoms with Crippen LogP contribution < -0.4 is 10.3 Å². The van der Waals surface area contributed by atoms with Gasteiger partial charge in [0, 0.05) is 0 Å². The number of fused-ring (bicyclic) bond motifs is 1. The van der Waals surface area contributed by atoms with E-state index in [1.165, 1.54) is 30.8 Å². The third-order valence-electron chi connectivity index (χ3n) is 3.66. The monoisotopic (exact) mass is 383 g/mol. The van der Waals surface area contributed by atoms with Gasteiger partial charge < -0.3 is 9.47 Å². The first-order valence-corrected chi connectivity index (χ1v) is 7.48. The molecule has 27 heavy (non-hydrogen) atoms. The van der Waals surface area contributed by atoms with E-state index in [0.29, 0.717) is 5.69 Å². The zero-order chi connectivity index (χ0) is 19.8. The normalized spacial score (nSPS) is 12.8. The largest absolute Gasteiger partial charge is 0.573 e. The average molecular weight is 383 g/mol. The molecule has 0 saturated heterocycles. The second kappa shape index (κ2) is 6.70. The van der Waals surface area contributed by atoms with Gasteiger partial charge in [-0.15, -0.1) is 18.3 Å². The second-order valence-corrected chi connectivity index (χ2v) is 5.37. The van der Waals surface area contributed by atoms with Gasteiger partial charge in [0.15, 0.2) is 11.2 Å². The summed E-state index contributed by atoms with van der Waals surface area (Å²) >= 11 is 0. The highest BCUT2D eigenvalue weighted by Crippen LogP contribution is 2.24. The first kappa shape index (κ1) is 18.4. The van der Waals surface area contributed by atoms with E-state index in [4.69, 9.17) is 0 Å². The topological polar surface area (TPSA) is 101 Å². The number of hydrogen-bond donors (Lipinski definition) is 0. The smallest absolute Gasteiger partial charge is 0.467 e. The van der Waals surface area contributed by atoms with Gasteiger partial charge in [0.25, 0.3) is 5.56 Å². The highest BCUT2D eigenvalue weighted by atomic mass is 19.4. The minimum absolute atomic E-state index is 0.0813. The van der Waals surface area contributed by atoms with E-state index in [1.54, 1.807) is 0 Å². The number of benzene rings is 1. The number of carbonyl (C=O) groups excluding carboxylic acids is 1. The van der Waals surface area contributed by atoms with E-state index in [1.807, 2.05) is 0 Å². The molecule has 0 spiro atoms. The Hall–Kier alpha value is -3.44. The second-order valence-electron chi connectivity index (χ2n) is 5.37. The zero-order valence-electron chi connectivity index (χ0n) is 14.0. The van der Waals surface area contributed by atoms with E-state index >= 15 is 0 Å². The average Bonchev–Trinajstić information content (AvgIpc) is 3.05. The van der Waals surface area contributed by atoms with Crippen LogP contribution in [0.1, 0.15) is 13.0 Å². The standard InChI is InChI=1S/C15H12F3N5O4/c1-8(14(25)26-2)22-7-19-12-11(13(22)24)20-21-23(12)9-3-5-10(6-4-9)27-15(16,17)18/h3-8H,1-2H3/t8-/m1/s1. The van der Waals surface area contributed by atoms with Crippen molar-refractivity contribution in [3.8, 4) is 11.4 Å². The van der Waals surface area contributed by atoms with Crippen LogP contribution in [0.2, 0.25) is 0 Å². The molecule has 9 nitrogen and oxygen atoms in total. The number of carbonyl (C=O) groups is 1. The molecule has 0 aliphatic rings. The molecule has 0 saturated carbocycles. The van der Waals surface area contributed by atoms with E-state index in [2.05, 4.69) is 24.8 Å². The predicted octanol–water partition coefficient (Wildman–Crippen LogP) is 1.61. The molecule has 0 aliphatic carbocycles. The number of rotatable bonds is 4. The molecule has 0 bridgehead atoms. The summed E-state index contributed by atoms with van der Waals surface area (Å²) in [5.41, 5.74) is -0.319. The molecule has 2 aromatic heterocycles. The number of alkyl halides is 3. The maximum Gasteiger partial charge on any atom is 0.573 e. The molecule has 3 rings (SSSR count). The molecule has 0 unspecified atom stereocenters. The van der Waals surface area contributed by atoms with Gasteiger partial charge in [0.1, 0.15) is 18.1 Å². The zero-order valence-corrected chi connectivity index (χ0v) is 14.0. The minimum Gasteiger partial charge on any atom is -0.467 e. The first-order valence-electron chi connectivity index (χ1n) is 7.48. The van der Waals surface area contributed by atoms with Gasteiger partial charge in [-0.2, -0.15) is 4.68 Å². The van der Waals surface area contributed by atoms with Crippen LogP contribution >= 0.6 is 0 Å². The fourth-order valence-electron chi connectivity index (χ4n) is 2.35. The highest BCUT2D eigenvalue weighted by Gasteiger charge is 2.31. The fourth-order valence-corrected chi connectivity index (χ4v) is 2.35. The molecule has 0 radical (unpaired) electrons. The molecule has 0 aliphatic heterocycles. The maximum absolute atomic E-state index is 12.5. The number of ether oxygens (including phenoxy) is 2. The van der Waals surface area contributed by atoms with E-state index in [0.717, 1.165) is 23.0 Å². The quantitative estimate of drug-likeness (QED) is 0.631. The third kappa shape index (κ3) is 3.59. The van der Waals surface area contributed by atoms with Crippen molar-refractivity contribution in [1.82, 2.24) is 24.5 Å². The number of methoxy groups -OCH3 is 1. The number of esters is 1. The molecule has 1 atom stereocenters. The summed E-state index contributed by atoms with van der Waals surface area (Å²) in [5.74, 6) is -1.04. The van der Waals surface area contributed by atoms with Crippen molar-refractivity contribution < 1.29 is 27.4 Å². The lowest BCUT2D eigenvalue weighted by Crippen LogP contribution is -2.29. The van der Waals surface area contributed by atoms with Crippen molar-refractivity contribution >= 4 is 17.1 Å². The van der Waals surface area contributed by atoms with Crippen molar-refractivity contribution in [3.63, 3.8) is 0 Å². The Kier molecular flexibility index (Phi) is 4.56. The van der Waals surface area contributed by atoms with Crippen LogP contribution in [0.5, 0.6) is 5.75 Å². The lowest BCUT2D eigenvalue weighted by Gasteiger charge is -2.11. The molecule has 142 valence electrons. The molecule has 1 aromatic carbocycles. The van der Waals surface area contributed by atoms with Crippen LogP contribution in [-0.2, 0) is 9.53 Å². The molecule has 0 N–H and O–H groups in total. The van der Waals surface area contributed by atoms with Crippen LogP contribution in [-0.4, -0.2) is 44.0 Å². The number of nitrogens with zero attached hydrogens (tertiary/aromatic N) is 5. The first-order chi connectivity index (χ1) is 12.7. The summed E-state index contributed by atoms with van der Waals surface area (Å²) in [4.78, 5) is 28.2. The summed E-state index contributed by atoms with van der Waals surface area (Å²) < 4.78 is 47.3. The van der Waals surface area contributed by atoms with Gasteiger partial charge in [-0.25, -0.2) is 9.78 Å². The Morgan fingerprint density at radius 2 is 1.89 bits per heavy atom. The van der Waals surface area contributed by atoms with Crippen LogP contribution in [0.15, 0.2) is 35.4 Å². The fraction of sp³-hybridized carbons (Fsp3) is 0.267. The summed E-state index contributed by atoms with van der Waals surface area (Å²) in [6, 6.07) is 3.88. The van der Waals surface area contributed by atoms with Crippen LogP contribution in [0.3, 0.4) is 0 Å². The molecule has 0 fully saturated rings. The van der Waals surface area contributed by atoms with Crippen molar-refractivity contribution in [2.24, 2.45) is 0 Å². The Labute approximate surface area is 148 Å². The van der Waals surface area contributed by atoms with Gasteiger partial charge in [-0.05, 0) is 31.2 Å². The van der Waals surface area contributed by atoms with Crippen molar-refractivity contribution in [3.05, 3.63) is 40.9 Å². The van der Waals surface area contributed by atoms with Crippen molar-refractivity contribution in [2.75, 3.05) is 7.11 Å². The summed E-state index contributed by atoms with van der Waals surface area (Å²) in [5, 5.41) is 7.57. The number of aromatic nitrogens is 5. The summed E-state index contributed by atoms with van der Waals surface area (Å²) in [7, 11) is 1.19. The highest BCUT2D eigenvalue weighted by molar-refractivity contribution is 5.75. The molecule has 2 heterocycles. The SMILES string of the molecule is COC(=O)[C@@H](C)n1cnc2c(nnn2-c2ccc(OC(F)(F)F)cc2)c1=O. The van der Waals surface area contributed by atoms with E-state index in [9.17, 15) is 22.8 Å². The molecule has 0 amide bonds. The number of hydrogen-bond acceptors (Lipinski definition) is 7. The predicted molar refractivity (Wildman–Crippen MR) is 84.3 cm³/mol. The lowest BCUT2D eigenvalue weighted by molar-refractivity contribution is -0.274. The third-order valence-corrected chi connectivity index (χ3v) is 3.66. The molecular formula is C15H12F3N5O4. The Morgan fingerprint density at radius 1 is 1.22 bits per heavy atom. The van der Waals surface area contributed by atoms with Crippen molar-refractivity contribution in [2.45, 2.75) is 19.3 Å². The van der Waals surface area contributed by atoms with Crippen molar-refractivity contribution in [1.29, 1.82) is 0 Å². The lowest BCUT2D eigenvalue weighted by atomic mass is 10.3. The van der Waals surface area contributed by atoms with Gasteiger partial charge in [-0.3, -0.25) is 9.36 Å². The molecule has 3 aromatic rings. The maximum atomic E-state index is 12.5. The Bertz CT molecular complexity index is 1040. The Balaban J connectivity index is 1.99. The molecule has 12 heteroatoms. The van der Waals surface area contributed by atoms with Crippen LogP contribution in [0.25, 0.3) is 16.9 Å². The summed E-state index contributed by atoms with van der Waals surface area (Å²) in [6.07, 6.45) is -3.66. The molecular weight excluding hydrogens is 371 g/mol. The van der Waals surface area contributed by atoms with E-state index < -0.39 is 29.7 Å². The van der Waals surface area contributed by atoms with Gasteiger partial charge >= 0.3 is 12.3 Å². The van der Waals surface area contributed by atoms with Gasteiger partial charge in [-0.1, -0.05) is 5.21 Å². The summed E-state index contributed by atoms with van der Waals surface area (Å²) in [6.45, 7) is 1.46. The Morgan fingerprint density at radius 3 is 2.48 bits per heavy atom. The van der Waals surface area contributed by atoms with Crippen LogP contribution in [0.4, 0.5) is 13.2 Å². The number of halogens is 3. The van der Waals surface area contributed by atoms with Gasteiger partial charge in [0.2, 0.25) is 0 Å². The van der Waals surface area contributed by atoms with E-state index in [-0.39, 0.29) is 11.2 Å².